The second-order valence-corrected chi connectivity index (χ2v) is 6.47. The standard InChI is InChI=1S/C15H12Br2N2O/c16-10-5-6-11-13(7-10)19(15(20)14(11)18)8-9-3-1-2-4-12(9)17/h1-7,14H,8,18H2. The van der Waals surface area contributed by atoms with Crippen LogP contribution in [0.1, 0.15) is 17.2 Å². The molecule has 1 atom stereocenters. The molecule has 0 aliphatic carbocycles. The molecule has 102 valence electrons. The number of rotatable bonds is 2. The molecule has 0 saturated heterocycles. The topological polar surface area (TPSA) is 46.3 Å². The van der Waals surface area contributed by atoms with E-state index in [2.05, 4.69) is 31.9 Å². The van der Waals surface area contributed by atoms with Crippen molar-refractivity contribution >= 4 is 43.5 Å². The van der Waals surface area contributed by atoms with E-state index in [0.29, 0.717) is 6.54 Å². The van der Waals surface area contributed by atoms with Gasteiger partial charge in [0, 0.05) is 14.5 Å². The van der Waals surface area contributed by atoms with Crippen molar-refractivity contribution in [2.24, 2.45) is 5.73 Å². The maximum Gasteiger partial charge on any atom is 0.248 e. The molecule has 3 rings (SSSR count). The summed E-state index contributed by atoms with van der Waals surface area (Å²) in [5.74, 6) is -0.0612. The zero-order chi connectivity index (χ0) is 14.3. The summed E-state index contributed by atoms with van der Waals surface area (Å²) < 4.78 is 1.93. The van der Waals surface area contributed by atoms with Crippen molar-refractivity contribution in [2.75, 3.05) is 4.90 Å². The molecule has 0 fully saturated rings. The number of carbonyl (C=O) groups excluding carboxylic acids is 1. The van der Waals surface area contributed by atoms with Crippen LogP contribution in [0.4, 0.5) is 5.69 Å². The van der Waals surface area contributed by atoms with Gasteiger partial charge in [0.05, 0.1) is 12.2 Å². The van der Waals surface area contributed by atoms with E-state index in [-0.39, 0.29) is 5.91 Å². The molecule has 2 aromatic carbocycles. The van der Waals surface area contributed by atoms with Crippen LogP contribution in [0, 0.1) is 0 Å². The van der Waals surface area contributed by atoms with Crippen LogP contribution in [0.5, 0.6) is 0 Å². The lowest BCUT2D eigenvalue weighted by molar-refractivity contribution is -0.119. The fourth-order valence-corrected chi connectivity index (χ4v) is 3.15. The third-order valence-corrected chi connectivity index (χ3v) is 4.70. The number of hydrogen-bond donors (Lipinski definition) is 1. The molecule has 2 aromatic rings. The first-order valence-electron chi connectivity index (χ1n) is 6.18. The summed E-state index contributed by atoms with van der Waals surface area (Å²) >= 11 is 6.96. The molecule has 0 radical (unpaired) electrons. The zero-order valence-electron chi connectivity index (χ0n) is 10.5. The second-order valence-electron chi connectivity index (χ2n) is 4.70. The molecule has 2 N–H and O–H groups in total. The Morgan fingerprint density at radius 3 is 2.65 bits per heavy atom. The van der Waals surface area contributed by atoms with Crippen molar-refractivity contribution in [3.63, 3.8) is 0 Å². The highest BCUT2D eigenvalue weighted by Crippen LogP contribution is 2.37. The smallest absolute Gasteiger partial charge is 0.248 e. The number of fused-ring (bicyclic) bond motifs is 1. The number of carbonyl (C=O) groups is 1. The number of nitrogens with zero attached hydrogens (tertiary/aromatic N) is 1. The van der Waals surface area contributed by atoms with Crippen LogP contribution in [0.15, 0.2) is 51.4 Å². The first kappa shape index (κ1) is 13.8. The molecule has 20 heavy (non-hydrogen) atoms. The lowest BCUT2D eigenvalue weighted by Gasteiger charge is -2.18. The van der Waals surface area contributed by atoms with Gasteiger partial charge in [-0.1, -0.05) is 56.1 Å². The number of hydrogen-bond acceptors (Lipinski definition) is 2. The predicted octanol–water partition coefficient (Wildman–Crippen LogP) is 3.76. The normalized spacial score (nSPS) is 17.4. The van der Waals surface area contributed by atoms with E-state index >= 15 is 0 Å². The fourth-order valence-electron chi connectivity index (χ4n) is 2.39. The highest BCUT2D eigenvalue weighted by Gasteiger charge is 2.34. The van der Waals surface area contributed by atoms with Crippen molar-refractivity contribution < 1.29 is 4.79 Å². The van der Waals surface area contributed by atoms with E-state index in [0.717, 1.165) is 25.8 Å². The van der Waals surface area contributed by atoms with Crippen molar-refractivity contribution in [1.29, 1.82) is 0 Å². The van der Waals surface area contributed by atoms with Crippen LogP contribution in [0.25, 0.3) is 0 Å². The largest absolute Gasteiger partial charge is 0.316 e. The lowest BCUT2D eigenvalue weighted by atomic mass is 10.1. The van der Waals surface area contributed by atoms with Crippen LogP contribution < -0.4 is 10.6 Å². The van der Waals surface area contributed by atoms with Gasteiger partial charge < -0.3 is 10.6 Å². The monoisotopic (exact) mass is 394 g/mol. The summed E-state index contributed by atoms with van der Waals surface area (Å²) in [5.41, 5.74) is 8.82. The molecule has 1 heterocycles. The Balaban J connectivity index is 2.01. The summed E-state index contributed by atoms with van der Waals surface area (Å²) in [6, 6.07) is 13.1. The van der Waals surface area contributed by atoms with Crippen molar-refractivity contribution in [2.45, 2.75) is 12.6 Å². The number of amides is 1. The molecule has 0 spiro atoms. The van der Waals surface area contributed by atoms with Gasteiger partial charge in [0.1, 0.15) is 6.04 Å². The Morgan fingerprint density at radius 1 is 1.15 bits per heavy atom. The Hall–Kier alpha value is -1.17. The van der Waals surface area contributed by atoms with Gasteiger partial charge in [-0.15, -0.1) is 0 Å². The van der Waals surface area contributed by atoms with E-state index in [1.165, 1.54) is 0 Å². The highest BCUT2D eigenvalue weighted by atomic mass is 79.9. The lowest BCUT2D eigenvalue weighted by Crippen LogP contribution is -2.31. The molecule has 0 bridgehead atoms. The van der Waals surface area contributed by atoms with Crippen molar-refractivity contribution in [3.8, 4) is 0 Å². The quantitative estimate of drug-likeness (QED) is 0.841. The molecule has 1 aliphatic heterocycles. The minimum atomic E-state index is -0.569. The SMILES string of the molecule is NC1C(=O)N(Cc2ccccc2Br)c2cc(Br)ccc21. The van der Waals surface area contributed by atoms with E-state index in [1.54, 1.807) is 4.90 Å². The van der Waals surface area contributed by atoms with Crippen LogP contribution in [-0.2, 0) is 11.3 Å². The molecular weight excluding hydrogens is 384 g/mol. The Labute approximate surface area is 134 Å². The van der Waals surface area contributed by atoms with Crippen LogP contribution in [0.2, 0.25) is 0 Å². The van der Waals surface area contributed by atoms with Crippen LogP contribution in [-0.4, -0.2) is 5.91 Å². The fraction of sp³-hybridized carbons (Fsp3) is 0.133. The van der Waals surface area contributed by atoms with Crippen LogP contribution in [0.3, 0.4) is 0 Å². The molecule has 1 unspecified atom stereocenters. The van der Waals surface area contributed by atoms with Gasteiger partial charge in [-0.2, -0.15) is 0 Å². The number of benzene rings is 2. The highest BCUT2D eigenvalue weighted by molar-refractivity contribution is 9.10. The van der Waals surface area contributed by atoms with Crippen molar-refractivity contribution in [3.05, 3.63) is 62.5 Å². The summed E-state index contributed by atoms with van der Waals surface area (Å²) in [6.07, 6.45) is 0. The van der Waals surface area contributed by atoms with E-state index in [9.17, 15) is 4.79 Å². The van der Waals surface area contributed by atoms with Gasteiger partial charge in [-0.05, 0) is 23.8 Å². The molecule has 1 aliphatic rings. The Kier molecular flexibility index (Phi) is 3.67. The van der Waals surface area contributed by atoms with Crippen molar-refractivity contribution in [1.82, 2.24) is 0 Å². The van der Waals surface area contributed by atoms with Gasteiger partial charge >= 0.3 is 0 Å². The first-order chi connectivity index (χ1) is 9.58. The zero-order valence-corrected chi connectivity index (χ0v) is 13.7. The van der Waals surface area contributed by atoms with Gasteiger partial charge in [-0.25, -0.2) is 0 Å². The van der Waals surface area contributed by atoms with E-state index < -0.39 is 6.04 Å². The predicted molar refractivity (Wildman–Crippen MR) is 86.4 cm³/mol. The molecule has 3 nitrogen and oxygen atoms in total. The van der Waals surface area contributed by atoms with E-state index in [4.69, 9.17) is 5.73 Å². The third kappa shape index (κ3) is 2.30. The summed E-state index contributed by atoms with van der Waals surface area (Å²) in [6.45, 7) is 0.511. The molecule has 1 amide bonds. The molecule has 0 aromatic heterocycles. The number of halogens is 2. The van der Waals surface area contributed by atoms with Crippen LogP contribution >= 0.6 is 31.9 Å². The Morgan fingerprint density at radius 2 is 1.90 bits per heavy atom. The summed E-state index contributed by atoms with van der Waals surface area (Å²) in [7, 11) is 0. The Bertz CT molecular complexity index is 687. The van der Waals surface area contributed by atoms with Gasteiger partial charge in [0.2, 0.25) is 5.91 Å². The van der Waals surface area contributed by atoms with Gasteiger partial charge in [-0.3, -0.25) is 4.79 Å². The summed E-state index contributed by atoms with van der Waals surface area (Å²) in [5, 5.41) is 0. The molecule has 5 heteroatoms. The second kappa shape index (κ2) is 5.31. The molecular formula is C15H12Br2N2O. The maximum absolute atomic E-state index is 12.4. The number of nitrogens with two attached hydrogens (primary N) is 1. The minimum Gasteiger partial charge on any atom is -0.316 e. The van der Waals surface area contributed by atoms with E-state index in [1.807, 2.05) is 42.5 Å². The maximum atomic E-state index is 12.4. The minimum absolute atomic E-state index is 0.0612. The summed E-state index contributed by atoms with van der Waals surface area (Å²) in [4.78, 5) is 14.1. The van der Waals surface area contributed by atoms with Gasteiger partial charge in [0.25, 0.3) is 0 Å². The van der Waals surface area contributed by atoms with Gasteiger partial charge in [0.15, 0.2) is 0 Å². The average Bonchev–Trinajstić information content (AvgIpc) is 2.66. The molecule has 0 saturated carbocycles. The number of anilines is 1. The average molecular weight is 396 g/mol. The first-order valence-corrected chi connectivity index (χ1v) is 7.76. The third-order valence-electron chi connectivity index (χ3n) is 3.44.